The van der Waals surface area contributed by atoms with Crippen LogP contribution in [0.25, 0.3) is 0 Å². The van der Waals surface area contributed by atoms with Crippen molar-refractivity contribution in [3.8, 4) is 0 Å². The van der Waals surface area contributed by atoms with Gasteiger partial charge in [0.2, 0.25) is 0 Å². The smallest absolute Gasteiger partial charge is 0.255 e. The summed E-state index contributed by atoms with van der Waals surface area (Å²) < 4.78 is 0. The van der Waals surface area contributed by atoms with Crippen LogP contribution in [-0.2, 0) is 0 Å². The zero-order valence-corrected chi connectivity index (χ0v) is 12.9. The highest BCUT2D eigenvalue weighted by Gasteiger charge is 2.08. The summed E-state index contributed by atoms with van der Waals surface area (Å²) >= 11 is 0. The van der Waals surface area contributed by atoms with Gasteiger partial charge < -0.3 is 10.6 Å². The molecule has 2 N–H and O–H groups in total. The molecule has 0 bridgehead atoms. The molecule has 0 atom stereocenters. The SMILES string of the molecule is CCCNc1ccc(C(=O)Nc2ccc(C)cc2)cc1C. The third-order valence-corrected chi connectivity index (χ3v) is 3.36. The Morgan fingerprint density at radius 2 is 1.76 bits per heavy atom. The van der Waals surface area contributed by atoms with Crippen molar-refractivity contribution in [1.29, 1.82) is 0 Å². The molecule has 0 aromatic heterocycles. The van der Waals surface area contributed by atoms with E-state index in [1.807, 2.05) is 56.3 Å². The number of carbonyl (C=O) groups is 1. The zero-order valence-electron chi connectivity index (χ0n) is 12.9. The lowest BCUT2D eigenvalue weighted by molar-refractivity contribution is 0.102. The number of nitrogens with one attached hydrogen (secondary N) is 2. The number of rotatable bonds is 5. The molecule has 2 aromatic rings. The minimum atomic E-state index is -0.0796. The summed E-state index contributed by atoms with van der Waals surface area (Å²) in [6.07, 6.45) is 1.08. The Hall–Kier alpha value is -2.29. The minimum Gasteiger partial charge on any atom is -0.385 e. The van der Waals surface area contributed by atoms with Crippen molar-refractivity contribution in [3.05, 3.63) is 59.2 Å². The summed E-state index contributed by atoms with van der Waals surface area (Å²) in [5.74, 6) is -0.0796. The number of anilines is 2. The second-order valence-corrected chi connectivity index (χ2v) is 5.28. The molecule has 0 aliphatic carbocycles. The quantitative estimate of drug-likeness (QED) is 0.854. The molecule has 2 aromatic carbocycles. The Bertz CT molecular complexity index is 618. The van der Waals surface area contributed by atoms with Gasteiger partial charge in [0, 0.05) is 23.5 Å². The first-order valence-corrected chi connectivity index (χ1v) is 7.32. The molecule has 2 rings (SSSR count). The van der Waals surface area contributed by atoms with Gasteiger partial charge in [-0.25, -0.2) is 0 Å². The van der Waals surface area contributed by atoms with E-state index in [2.05, 4.69) is 17.6 Å². The summed E-state index contributed by atoms with van der Waals surface area (Å²) in [5, 5.41) is 6.27. The van der Waals surface area contributed by atoms with Crippen LogP contribution in [0.15, 0.2) is 42.5 Å². The van der Waals surface area contributed by atoms with Crippen molar-refractivity contribution >= 4 is 17.3 Å². The second-order valence-electron chi connectivity index (χ2n) is 5.28. The van der Waals surface area contributed by atoms with Crippen molar-refractivity contribution in [3.63, 3.8) is 0 Å². The van der Waals surface area contributed by atoms with E-state index in [4.69, 9.17) is 0 Å². The van der Waals surface area contributed by atoms with Gasteiger partial charge in [0.1, 0.15) is 0 Å². The molecule has 1 amide bonds. The molecular formula is C18H22N2O. The summed E-state index contributed by atoms with van der Waals surface area (Å²) in [5.41, 5.74) is 4.84. The lowest BCUT2D eigenvalue weighted by Crippen LogP contribution is -2.12. The average molecular weight is 282 g/mol. The van der Waals surface area contributed by atoms with Gasteiger partial charge in [0.05, 0.1) is 0 Å². The van der Waals surface area contributed by atoms with Crippen LogP contribution in [0.5, 0.6) is 0 Å². The Morgan fingerprint density at radius 1 is 1.05 bits per heavy atom. The lowest BCUT2D eigenvalue weighted by atomic mass is 10.1. The fraction of sp³-hybridized carbons (Fsp3) is 0.278. The molecule has 110 valence electrons. The highest BCUT2D eigenvalue weighted by atomic mass is 16.1. The van der Waals surface area contributed by atoms with Gasteiger partial charge in [-0.3, -0.25) is 4.79 Å². The van der Waals surface area contributed by atoms with Crippen molar-refractivity contribution in [2.45, 2.75) is 27.2 Å². The maximum Gasteiger partial charge on any atom is 0.255 e. The summed E-state index contributed by atoms with van der Waals surface area (Å²) in [7, 11) is 0. The van der Waals surface area contributed by atoms with Crippen LogP contribution in [0.1, 0.15) is 34.8 Å². The third-order valence-electron chi connectivity index (χ3n) is 3.36. The monoisotopic (exact) mass is 282 g/mol. The fourth-order valence-corrected chi connectivity index (χ4v) is 2.10. The Labute approximate surface area is 126 Å². The van der Waals surface area contributed by atoms with Gasteiger partial charge in [-0.15, -0.1) is 0 Å². The molecule has 0 spiro atoms. The molecule has 0 radical (unpaired) electrons. The van der Waals surface area contributed by atoms with Crippen LogP contribution < -0.4 is 10.6 Å². The van der Waals surface area contributed by atoms with Gasteiger partial charge in [-0.1, -0.05) is 24.6 Å². The van der Waals surface area contributed by atoms with E-state index < -0.39 is 0 Å². The van der Waals surface area contributed by atoms with E-state index >= 15 is 0 Å². The largest absolute Gasteiger partial charge is 0.385 e. The maximum absolute atomic E-state index is 12.2. The van der Waals surface area contributed by atoms with Crippen LogP contribution in [0.2, 0.25) is 0 Å². The Balaban J connectivity index is 2.08. The number of amides is 1. The highest BCUT2D eigenvalue weighted by Crippen LogP contribution is 2.18. The zero-order chi connectivity index (χ0) is 15.2. The standard InChI is InChI=1S/C18H22N2O/c1-4-11-19-17-10-7-15(12-14(17)3)18(21)20-16-8-5-13(2)6-9-16/h5-10,12,19H,4,11H2,1-3H3,(H,20,21). The fourth-order valence-electron chi connectivity index (χ4n) is 2.10. The predicted octanol–water partition coefficient (Wildman–Crippen LogP) is 4.38. The normalized spacial score (nSPS) is 10.2. The molecule has 3 heteroatoms. The Kier molecular flexibility index (Phi) is 4.99. The van der Waals surface area contributed by atoms with E-state index in [0.717, 1.165) is 29.9 Å². The molecule has 0 fully saturated rings. The summed E-state index contributed by atoms with van der Waals surface area (Å²) in [4.78, 5) is 12.2. The molecule has 0 aliphatic heterocycles. The molecule has 0 saturated carbocycles. The van der Waals surface area contributed by atoms with Crippen LogP contribution in [0.4, 0.5) is 11.4 Å². The van der Waals surface area contributed by atoms with Crippen molar-refractivity contribution in [1.82, 2.24) is 0 Å². The van der Waals surface area contributed by atoms with Crippen LogP contribution in [-0.4, -0.2) is 12.5 Å². The number of aryl methyl sites for hydroxylation is 2. The topological polar surface area (TPSA) is 41.1 Å². The van der Waals surface area contributed by atoms with Crippen LogP contribution >= 0.6 is 0 Å². The number of benzene rings is 2. The van der Waals surface area contributed by atoms with Gasteiger partial charge in [0.15, 0.2) is 0 Å². The van der Waals surface area contributed by atoms with Crippen molar-refractivity contribution < 1.29 is 4.79 Å². The second kappa shape index (κ2) is 6.93. The molecule has 21 heavy (non-hydrogen) atoms. The summed E-state index contributed by atoms with van der Waals surface area (Å²) in [6, 6.07) is 13.5. The first kappa shape index (κ1) is 15.1. The van der Waals surface area contributed by atoms with Gasteiger partial charge in [-0.2, -0.15) is 0 Å². The van der Waals surface area contributed by atoms with Crippen molar-refractivity contribution in [2.24, 2.45) is 0 Å². The van der Waals surface area contributed by atoms with E-state index in [-0.39, 0.29) is 5.91 Å². The molecule has 3 nitrogen and oxygen atoms in total. The van der Waals surface area contributed by atoms with E-state index in [1.165, 1.54) is 5.56 Å². The van der Waals surface area contributed by atoms with Crippen LogP contribution in [0, 0.1) is 13.8 Å². The van der Waals surface area contributed by atoms with Gasteiger partial charge in [0.25, 0.3) is 5.91 Å². The third kappa shape index (κ3) is 4.09. The molecule has 0 aliphatic rings. The molecule has 0 unspecified atom stereocenters. The molecule has 0 heterocycles. The lowest BCUT2D eigenvalue weighted by Gasteiger charge is -2.11. The molecule has 0 saturated heterocycles. The van der Waals surface area contributed by atoms with E-state index in [9.17, 15) is 4.79 Å². The van der Waals surface area contributed by atoms with Crippen molar-refractivity contribution in [2.75, 3.05) is 17.2 Å². The Morgan fingerprint density at radius 3 is 2.38 bits per heavy atom. The highest BCUT2D eigenvalue weighted by molar-refractivity contribution is 6.04. The number of carbonyl (C=O) groups excluding carboxylic acids is 1. The molecular weight excluding hydrogens is 260 g/mol. The average Bonchev–Trinajstić information content (AvgIpc) is 2.48. The maximum atomic E-state index is 12.2. The summed E-state index contributed by atoms with van der Waals surface area (Å²) in [6.45, 7) is 7.11. The van der Waals surface area contributed by atoms with Gasteiger partial charge in [-0.05, 0) is 56.2 Å². The predicted molar refractivity (Wildman–Crippen MR) is 89.1 cm³/mol. The van der Waals surface area contributed by atoms with Gasteiger partial charge >= 0.3 is 0 Å². The van der Waals surface area contributed by atoms with Crippen LogP contribution in [0.3, 0.4) is 0 Å². The number of hydrogen-bond donors (Lipinski definition) is 2. The first-order valence-electron chi connectivity index (χ1n) is 7.32. The van der Waals surface area contributed by atoms with E-state index in [0.29, 0.717) is 5.56 Å². The minimum absolute atomic E-state index is 0.0796. The number of hydrogen-bond acceptors (Lipinski definition) is 2. The first-order chi connectivity index (χ1) is 10.1. The van der Waals surface area contributed by atoms with E-state index in [1.54, 1.807) is 0 Å².